The molecule has 2 unspecified atom stereocenters. The third-order valence-corrected chi connectivity index (χ3v) is 8.30. The van der Waals surface area contributed by atoms with Crippen molar-refractivity contribution in [2.24, 2.45) is 5.92 Å². The lowest BCUT2D eigenvalue weighted by atomic mass is 9.79. The number of nitrogens with one attached hydrogen (secondary N) is 1. The van der Waals surface area contributed by atoms with Gasteiger partial charge in [0.15, 0.2) is 5.78 Å². The highest BCUT2D eigenvalue weighted by molar-refractivity contribution is 6.36. The highest BCUT2D eigenvalue weighted by Gasteiger charge is 2.29. The Morgan fingerprint density at radius 1 is 1.15 bits per heavy atom. The van der Waals surface area contributed by atoms with Crippen molar-refractivity contribution in [1.82, 2.24) is 9.97 Å². The number of hydrogen-bond acceptors (Lipinski definition) is 5. The van der Waals surface area contributed by atoms with Crippen molar-refractivity contribution in [2.75, 3.05) is 23.3 Å². The molecule has 1 N–H and O–H groups in total. The minimum atomic E-state index is 0.109. The molecule has 3 aromatic rings. The minimum absolute atomic E-state index is 0.109. The first-order chi connectivity index (χ1) is 19.7. The second-order valence-corrected chi connectivity index (χ2v) is 11.8. The number of fused-ring (bicyclic) bond motifs is 1. The van der Waals surface area contributed by atoms with Crippen LogP contribution in [0.2, 0.25) is 5.02 Å². The molecule has 2 atom stereocenters. The van der Waals surface area contributed by atoms with E-state index >= 15 is 0 Å². The maximum Gasteiger partial charge on any atom is 0.227 e. The Balaban J connectivity index is 1.61. The van der Waals surface area contributed by atoms with Crippen LogP contribution in [0.1, 0.15) is 88.1 Å². The molecule has 0 fully saturated rings. The van der Waals surface area contributed by atoms with E-state index in [0.717, 1.165) is 66.8 Å². The SMILES string of the molecule is C=C(C)CCCN(CCC)c1ccc(Nc2ncc3c(n2)C(C)C(CC)CC(=O)C(c2ccc(C)cc2Cl)=C3)cc1. The van der Waals surface area contributed by atoms with E-state index in [4.69, 9.17) is 16.6 Å². The Bertz CT molecular complexity index is 1410. The number of anilines is 3. The average molecular weight is 571 g/mol. The molecule has 4 rings (SSSR count). The number of aromatic nitrogens is 2. The predicted octanol–water partition coefficient (Wildman–Crippen LogP) is 9.40. The number of halogens is 1. The summed E-state index contributed by atoms with van der Waals surface area (Å²) in [5.74, 6) is 0.947. The van der Waals surface area contributed by atoms with E-state index in [1.165, 1.54) is 11.3 Å². The monoisotopic (exact) mass is 570 g/mol. The zero-order valence-corrected chi connectivity index (χ0v) is 25.9. The van der Waals surface area contributed by atoms with Crippen molar-refractivity contribution < 1.29 is 4.79 Å². The molecule has 0 aliphatic heterocycles. The second-order valence-electron chi connectivity index (χ2n) is 11.4. The summed E-state index contributed by atoms with van der Waals surface area (Å²) in [4.78, 5) is 25.5. The number of hydrogen-bond donors (Lipinski definition) is 1. The van der Waals surface area contributed by atoms with E-state index in [-0.39, 0.29) is 17.6 Å². The molecule has 0 radical (unpaired) electrons. The molecule has 0 spiro atoms. The molecule has 1 aliphatic rings. The molecular weight excluding hydrogens is 528 g/mol. The Kier molecular flexibility index (Phi) is 10.4. The summed E-state index contributed by atoms with van der Waals surface area (Å²) in [6.45, 7) is 16.7. The molecule has 216 valence electrons. The molecule has 0 saturated heterocycles. The van der Waals surface area contributed by atoms with E-state index in [2.05, 4.69) is 73.7 Å². The molecule has 0 amide bonds. The number of carbonyl (C=O) groups is 1. The molecule has 41 heavy (non-hydrogen) atoms. The van der Waals surface area contributed by atoms with E-state index in [1.807, 2.05) is 37.4 Å². The van der Waals surface area contributed by atoms with Crippen LogP contribution in [0.5, 0.6) is 0 Å². The van der Waals surface area contributed by atoms with Crippen molar-refractivity contribution in [1.29, 1.82) is 0 Å². The highest BCUT2D eigenvalue weighted by Crippen LogP contribution is 2.38. The first-order valence-electron chi connectivity index (χ1n) is 14.8. The highest BCUT2D eigenvalue weighted by atomic mass is 35.5. The fraction of sp³-hybridized carbons (Fsp3) is 0.400. The molecule has 5 nitrogen and oxygen atoms in total. The predicted molar refractivity (Wildman–Crippen MR) is 174 cm³/mol. The second kappa shape index (κ2) is 14.0. The van der Waals surface area contributed by atoms with Gasteiger partial charge in [-0.25, -0.2) is 9.97 Å². The van der Waals surface area contributed by atoms with Crippen LogP contribution in [0, 0.1) is 12.8 Å². The minimum Gasteiger partial charge on any atom is -0.372 e. The summed E-state index contributed by atoms with van der Waals surface area (Å²) >= 11 is 6.61. The van der Waals surface area contributed by atoms with Gasteiger partial charge in [-0.05, 0) is 81.0 Å². The van der Waals surface area contributed by atoms with Gasteiger partial charge in [0.1, 0.15) is 0 Å². The summed E-state index contributed by atoms with van der Waals surface area (Å²) in [5.41, 5.74) is 7.65. The number of rotatable bonds is 11. The fourth-order valence-corrected chi connectivity index (χ4v) is 5.92. The summed E-state index contributed by atoms with van der Waals surface area (Å²) in [5, 5.41) is 3.99. The van der Waals surface area contributed by atoms with Gasteiger partial charge in [-0.15, -0.1) is 6.58 Å². The smallest absolute Gasteiger partial charge is 0.227 e. The number of carbonyl (C=O) groups excluding carboxylic acids is 1. The third-order valence-electron chi connectivity index (χ3n) is 7.99. The van der Waals surface area contributed by atoms with Crippen molar-refractivity contribution in [3.8, 4) is 0 Å². The standard InChI is InChI=1S/C35H43ClN4O/c1-7-17-40(18-9-10-23(3)4)29-14-12-28(13-15-29)38-35-37-22-27-20-31(30-16-11-24(5)19-32(30)36)33(41)21-26(8-2)25(6)34(27)39-35/h11-16,19-20,22,25-26H,3,7-10,17-18,21H2,1-2,4-6H3,(H,37,38,39). The Labute approximate surface area is 250 Å². The zero-order chi connectivity index (χ0) is 29.5. The lowest BCUT2D eigenvalue weighted by Crippen LogP contribution is -2.25. The maximum atomic E-state index is 13.5. The van der Waals surface area contributed by atoms with Crippen molar-refractivity contribution >= 4 is 46.4 Å². The Morgan fingerprint density at radius 2 is 1.90 bits per heavy atom. The topological polar surface area (TPSA) is 58.1 Å². The van der Waals surface area contributed by atoms with Gasteiger partial charge in [-0.3, -0.25) is 4.79 Å². The summed E-state index contributed by atoms with van der Waals surface area (Å²) in [6.07, 6.45) is 8.35. The molecular formula is C35H43ClN4O. The number of Topliss-reactive ketones (excluding diaryl/α,β-unsaturated/α-hetero) is 1. The first kappa shape index (κ1) is 30.5. The van der Waals surface area contributed by atoms with Gasteiger partial charge < -0.3 is 10.2 Å². The normalized spacial score (nSPS) is 16.8. The molecule has 6 heteroatoms. The number of ketones is 1. The van der Waals surface area contributed by atoms with Crippen LogP contribution in [0.3, 0.4) is 0 Å². The van der Waals surface area contributed by atoms with Crippen LogP contribution in [0.15, 0.2) is 60.8 Å². The fourth-order valence-electron chi connectivity index (χ4n) is 5.59. The van der Waals surface area contributed by atoms with Crippen molar-refractivity contribution in [2.45, 2.75) is 72.6 Å². The van der Waals surface area contributed by atoms with Crippen molar-refractivity contribution in [3.05, 3.63) is 88.2 Å². The molecule has 0 bridgehead atoms. The summed E-state index contributed by atoms with van der Waals surface area (Å²) in [7, 11) is 0. The van der Waals surface area contributed by atoms with Gasteiger partial charge in [-0.2, -0.15) is 0 Å². The van der Waals surface area contributed by atoms with E-state index in [9.17, 15) is 4.79 Å². The number of benzene rings is 2. The van der Waals surface area contributed by atoms with E-state index in [1.54, 1.807) is 0 Å². The quantitative estimate of drug-likeness (QED) is 0.233. The van der Waals surface area contributed by atoms with E-state index in [0.29, 0.717) is 23.0 Å². The van der Waals surface area contributed by atoms with Gasteiger partial charge in [0.25, 0.3) is 0 Å². The molecule has 1 aromatic heterocycles. The molecule has 0 saturated carbocycles. The maximum absolute atomic E-state index is 13.5. The largest absolute Gasteiger partial charge is 0.372 e. The van der Waals surface area contributed by atoms with E-state index < -0.39 is 0 Å². The van der Waals surface area contributed by atoms with Gasteiger partial charge in [0.2, 0.25) is 5.95 Å². The van der Waals surface area contributed by atoms with Gasteiger partial charge >= 0.3 is 0 Å². The third kappa shape index (κ3) is 7.65. The van der Waals surface area contributed by atoms with Gasteiger partial charge in [0.05, 0.1) is 5.69 Å². The van der Waals surface area contributed by atoms with Gasteiger partial charge in [0, 0.05) is 64.7 Å². The first-order valence-corrected chi connectivity index (χ1v) is 15.2. The lowest BCUT2D eigenvalue weighted by molar-refractivity contribution is -0.114. The van der Waals surface area contributed by atoms with Crippen LogP contribution in [-0.2, 0) is 4.79 Å². The average Bonchev–Trinajstić information content (AvgIpc) is 2.94. The Hall–Kier alpha value is -3.44. The molecule has 2 aromatic carbocycles. The summed E-state index contributed by atoms with van der Waals surface area (Å²) in [6, 6.07) is 14.3. The van der Waals surface area contributed by atoms with Crippen molar-refractivity contribution in [3.63, 3.8) is 0 Å². The molecule has 1 aliphatic carbocycles. The van der Waals surface area contributed by atoms with Crippen LogP contribution < -0.4 is 10.2 Å². The lowest BCUT2D eigenvalue weighted by Gasteiger charge is -2.27. The van der Waals surface area contributed by atoms with Crippen LogP contribution in [0.4, 0.5) is 17.3 Å². The molecule has 1 heterocycles. The van der Waals surface area contributed by atoms with Crippen LogP contribution >= 0.6 is 11.6 Å². The Morgan fingerprint density at radius 3 is 2.56 bits per heavy atom. The van der Waals surface area contributed by atoms with Crippen LogP contribution in [0.25, 0.3) is 11.6 Å². The van der Waals surface area contributed by atoms with Gasteiger partial charge in [-0.1, -0.05) is 56.5 Å². The number of allylic oxidation sites excluding steroid dienone is 2. The number of aryl methyl sites for hydroxylation is 1. The zero-order valence-electron chi connectivity index (χ0n) is 25.1. The summed E-state index contributed by atoms with van der Waals surface area (Å²) < 4.78 is 0. The number of nitrogens with zero attached hydrogens (tertiary/aromatic N) is 3. The van der Waals surface area contributed by atoms with Crippen LogP contribution in [-0.4, -0.2) is 28.8 Å².